The van der Waals surface area contributed by atoms with E-state index >= 15 is 0 Å². The molecule has 40 heavy (non-hydrogen) atoms. The minimum absolute atomic E-state index is 0.0248. The van der Waals surface area contributed by atoms with Gasteiger partial charge in [-0.1, -0.05) is 17.7 Å². The van der Waals surface area contributed by atoms with Crippen LogP contribution in [-0.2, 0) is 23.6 Å². The summed E-state index contributed by atoms with van der Waals surface area (Å²) in [7, 11) is -1.33. The molecular weight excluding hydrogens is 552 g/mol. The van der Waals surface area contributed by atoms with Crippen molar-refractivity contribution in [1.82, 2.24) is 33.8 Å². The van der Waals surface area contributed by atoms with E-state index in [-0.39, 0.29) is 11.8 Å². The van der Waals surface area contributed by atoms with Crippen LogP contribution in [0.1, 0.15) is 30.9 Å². The normalized spacial score (nSPS) is 14.7. The molecule has 0 spiro atoms. The van der Waals surface area contributed by atoms with E-state index in [0.717, 1.165) is 11.3 Å². The van der Waals surface area contributed by atoms with Crippen molar-refractivity contribution in [3.8, 4) is 23.0 Å². The van der Waals surface area contributed by atoms with Gasteiger partial charge in [-0.3, -0.25) is 4.68 Å². The maximum Gasteiger partial charge on any atom is 0.223 e. The molecule has 5 rings (SSSR count). The zero-order valence-electron chi connectivity index (χ0n) is 22.1. The second kappa shape index (κ2) is 11.6. The molecule has 12 nitrogen and oxygen atoms in total. The molecule has 1 aliphatic heterocycles. The Morgan fingerprint density at radius 1 is 1.15 bits per heavy atom. The first-order valence-corrected chi connectivity index (χ1v) is 14.8. The molecule has 1 fully saturated rings. The van der Waals surface area contributed by atoms with Crippen molar-refractivity contribution in [1.29, 1.82) is 5.26 Å². The number of hydrogen-bond donors (Lipinski definition) is 2. The van der Waals surface area contributed by atoms with E-state index in [0.29, 0.717) is 66.0 Å². The maximum absolute atomic E-state index is 12.1. The number of rotatable bonds is 9. The molecule has 0 atom stereocenters. The highest BCUT2D eigenvalue weighted by molar-refractivity contribution is 7.89. The summed E-state index contributed by atoms with van der Waals surface area (Å²) in [6, 6.07) is 7.91. The summed E-state index contributed by atoms with van der Waals surface area (Å²) in [6.07, 6.45) is 9.83. The number of sulfonamides is 1. The molecule has 208 valence electrons. The van der Waals surface area contributed by atoms with Crippen LogP contribution in [0.25, 0.3) is 16.9 Å². The van der Waals surface area contributed by atoms with Crippen molar-refractivity contribution in [2.24, 2.45) is 7.05 Å². The molecule has 14 heteroatoms. The van der Waals surface area contributed by atoms with Crippen molar-refractivity contribution in [3.05, 3.63) is 65.3 Å². The van der Waals surface area contributed by atoms with Crippen LogP contribution in [0.2, 0.25) is 5.02 Å². The van der Waals surface area contributed by atoms with Gasteiger partial charge in [0, 0.05) is 50.7 Å². The Bertz CT molecular complexity index is 1650. The molecule has 0 bridgehead atoms. The fourth-order valence-corrected chi connectivity index (χ4v) is 5.96. The largest absolute Gasteiger partial charge is 0.378 e. The fraction of sp³-hybridized carbons (Fsp3) is 0.346. The standard InChI is InChI=1S/C26H29ClN10O2S/c1-3-40(38,39)36-8-6-21(7-9-36)33-26-30-13-19(11-28)25(34-26)20-14-32-37(16-20)24-5-4-18(10-23(24)27)12-29-22-15-31-35(2)17-22/h4-5,10,13-17,21,29H,3,6-9,12H2,1-2H3,(H,30,33,34). The molecule has 0 saturated carbocycles. The molecule has 1 aromatic carbocycles. The summed E-state index contributed by atoms with van der Waals surface area (Å²) >= 11 is 6.61. The van der Waals surface area contributed by atoms with Crippen molar-refractivity contribution in [2.45, 2.75) is 32.4 Å². The third-order valence-corrected chi connectivity index (χ3v) is 8.96. The number of nitrogens with one attached hydrogen (secondary N) is 2. The monoisotopic (exact) mass is 580 g/mol. The Morgan fingerprint density at radius 3 is 2.62 bits per heavy atom. The van der Waals surface area contributed by atoms with E-state index in [4.69, 9.17) is 11.6 Å². The zero-order valence-corrected chi connectivity index (χ0v) is 23.7. The summed E-state index contributed by atoms with van der Waals surface area (Å²) in [5.41, 5.74) is 4.02. The van der Waals surface area contributed by atoms with E-state index in [1.54, 1.807) is 34.9 Å². The molecule has 4 heterocycles. The average Bonchev–Trinajstić information content (AvgIpc) is 3.61. The summed E-state index contributed by atoms with van der Waals surface area (Å²) < 4.78 is 29.2. The topological polar surface area (TPSA) is 147 Å². The molecular formula is C26H29ClN10O2S. The quantitative estimate of drug-likeness (QED) is 0.304. The van der Waals surface area contributed by atoms with Crippen LogP contribution in [0, 0.1) is 11.3 Å². The number of piperidine rings is 1. The van der Waals surface area contributed by atoms with Gasteiger partial charge < -0.3 is 10.6 Å². The van der Waals surface area contributed by atoms with Crippen LogP contribution in [0.4, 0.5) is 11.6 Å². The first-order valence-electron chi connectivity index (χ1n) is 12.8. The third-order valence-electron chi connectivity index (χ3n) is 6.77. The fourth-order valence-electron chi connectivity index (χ4n) is 4.54. The van der Waals surface area contributed by atoms with Crippen LogP contribution in [0.5, 0.6) is 0 Å². The van der Waals surface area contributed by atoms with Crippen LogP contribution in [0.15, 0.2) is 49.2 Å². The van der Waals surface area contributed by atoms with E-state index in [2.05, 4.69) is 36.9 Å². The highest BCUT2D eigenvalue weighted by Crippen LogP contribution is 2.27. The third kappa shape index (κ3) is 6.09. The van der Waals surface area contributed by atoms with Crippen molar-refractivity contribution >= 4 is 33.3 Å². The molecule has 0 amide bonds. The van der Waals surface area contributed by atoms with Gasteiger partial charge in [-0.05, 0) is 37.5 Å². The second-order valence-electron chi connectivity index (χ2n) is 9.50. The lowest BCUT2D eigenvalue weighted by Gasteiger charge is -2.31. The maximum atomic E-state index is 12.1. The Hall–Kier alpha value is -3.99. The van der Waals surface area contributed by atoms with Gasteiger partial charge in [0.05, 0.1) is 52.0 Å². The minimum atomic E-state index is -3.20. The lowest BCUT2D eigenvalue weighted by Crippen LogP contribution is -2.43. The lowest BCUT2D eigenvalue weighted by molar-refractivity contribution is 0.329. The molecule has 1 saturated heterocycles. The van der Waals surface area contributed by atoms with Gasteiger partial charge in [0.25, 0.3) is 0 Å². The summed E-state index contributed by atoms with van der Waals surface area (Å²) in [5.74, 6) is 0.474. The van der Waals surface area contributed by atoms with Crippen molar-refractivity contribution in [2.75, 3.05) is 29.5 Å². The van der Waals surface area contributed by atoms with Gasteiger partial charge in [-0.2, -0.15) is 15.5 Å². The summed E-state index contributed by atoms with van der Waals surface area (Å²) in [6.45, 7) is 3.14. The zero-order chi connectivity index (χ0) is 28.3. The second-order valence-corrected chi connectivity index (χ2v) is 12.2. The first-order chi connectivity index (χ1) is 19.3. The predicted molar refractivity (Wildman–Crippen MR) is 153 cm³/mol. The van der Waals surface area contributed by atoms with Crippen molar-refractivity contribution in [3.63, 3.8) is 0 Å². The molecule has 4 aromatic rings. The number of anilines is 2. The highest BCUT2D eigenvalue weighted by Gasteiger charge is 2.27. The number of nitriles is 1. The van der Waals surface area contributed by atoms with Crippen LogP contribution in [-0.4, -0.2) is 67.1 Å². The summed E-state index contributed by atoms with van der Waals surface area (Å²) in [5, 5.41) is 25.4. The van der Waals surface area contributed by atoms with Gasteiger partial charge in [0.15, 0.2) is 0 Å². The van der Waals surface area contributed by atoms with Crippen molar-refractivity contribution < 1.29 is 8.42 Å². The Morgan fingerprint density at radius 2 is 1.95 bits per heavy atom. The number of nitrogens with zero attached hydrogens (tertiary/aromatic N) is 8. The van der Waals surface area contributed by atoms with Gasteiger partial charge >= 0.3 is 0 Å². The number of aromatic nitrogens is 6. The number of hydrogen-bond acceptors (Lipinski definition) is 9. The summed E-state index contributed by atoms with van der Waals surface area (Å²) in [4.78, 5) is 8.92. The molecule has 2 N–H and O–H groups in total. The van der Waals surface area contributed by atoms with E-state index in [1.807, 2.05) is 31.4 Å². The molecule has 3 aromatic heterocycles. The average molecular weight is 581 g/mol. The Labute approximate surface area is 237 Å². The van der Waals surface area contributed by atoms with Crippen LogP contribution >= 0.6 is 11.6 Å². The van der Waals surface area contributed by atoms with Gasteiger partial charge in [0.2, 0.25) is 16.0 Å². The predicted octanol–water partition coefficient (Wildman–Crippen LogP) is 3.43. The number of benzene rings is 1. The van der Waals surface area contributed by atoms with Crippen LogP contribution < -0.4 is 10.6 Å². The number of halogens is 1. The highest BCUT2D eigenvalue weighted by atomic mass is 35.5. The first kappa shape index (κ1) is 27.6. The van der Waals surface area contributed by atoms with Gasteiger partial charge in [-0.25, -0.2) is 27.4 Å². The molecule has 1 aliphatic rings. The van der Waals surface area contributed by atoms with Crippen LogP contribution in [0.3, 0.4) is 0 Å². The molecule has 0 unspecified atom stereocenters. The Balaban J connectivity index is 1.29. The lowest BCUT2D eigenvalue weighted by atomic mass is 10.1. The van der Waals surface area contributed by atoms with E-state index in [1.165, 1.54) is 10.5 Å². The van der Waals surface area contributed by atoms with Gasteiger partial charge in [0.1, 0.15) is 6.07 Å². The molecule has 0 aliphatic carbocycles. The molecule has 0 radical (unpaired) electrons. The SMILES string of the molecule is CCS(=O)(=O)N1CCC(Nc2ncc(C#N)c(-c3cnn(-c4ccc(CNc5cnn(C)c5)cc4Cl)c3)n2)CC1. The van der Waals surface area contributed by atoms with E-state index < -0.39 is 10.0 Å². The smallest absolute Gasteiger partial charge is 0.223 e. The minimum Gasteiger partial charge on any atom is -0.378 e. The number of aryl methyl sites for hydroxylation is 1. The van der Waals surface area contributed by atoms with E-state index in [9.17, 15) is 13.7 Å². The van der Waals surface area contributed by atoms with Gasteiger partial charge in [-0.15, -0.1) is 0 Å². The Kier molecular flexibility index (Phi) is 8.02.